The van der Waals surface area contributed by atoms with Crippen LogP contribution in [-0.4, -0.2) is 69.0 Å². The van der Waals surface area contributed by atoms with Crippen LogP contribution in [0.4, 0.5) is 11.4 Å². The van der Waals surface area contributed by atoms with Crippen molar-refractivity contribution >= 4 is 17.3 Å². The molecule has 6 heteroatoms. The second kappa shape index (κ2) is 7.96. The van der Waals surface area contributed by atoms with Gasteiger partial charge in [0.15, 0.2) is 0 Å². The average molecular weight is 333 g/mol. The number of benzene rings is 1. The normalized spacial score (nSPS) is 25.5. The van der Waals surface area contributed by atoms with Crippen molar-refractivity contribution in [3.8, 4) is 0 Å². The first-order valence-corrected chi connectivity index (χ1v) is 8.70. The average Bonchev–Trinajstić information content (AvgIpc) is 2.55. The zero-order valence-electron chi connectivity index (χ0n) is 14.5. The first-order valence-electron chi connectivity index (χ1n) is 8.70. The maximum absolute atomic E-state index is 12.3. The highest BCUT2D eigenvalue weighted by molar-refractivity contribution is 5.92. The number of hydrogen-bond donors (Lipinski definition) is 1. The smallest absolute Gasteiger partial charge is 0.238 e. The van der Waals surface area contributed by atoms with Crippen molar-refractivity contribution in [1.82, 2.24) is 4.90 Å². The van der Waals surface area contributed by atoms with E-state index in [9.17, 15) is 4.79 Å². The number of morpholine rings is 2. The second-order valence-corrected chi connectivity index (χ2v) is 6.65. The molecule has 1 N–H and O–H groups in total. The number of carbonyl (C=O) groups is 1. The Labute approximate surface area is 143 Å². The number of amides is 1. The minimum absolute atomic E-state index is 0.0235. The monoisotopic (exact) mass is 333 g/mol. The summed E-state index contributed by atoms with van der Waals surface area (Å²) in [5, 5.41) is 2.98. The molecule has 2 fully saturated rings. The van der Waals surface area contributed by atoms with Gasteiger partial charge in [0.25, 0.3) is 0 Å². The maximum atomic E-state index is 12.3. The third-order valence-electron chi connectivity index (χ3n) is 4.39. The van der Waals surface area contributed by atoms with E-state index in [2.05, 4.69) is 27.2 Å². The molecule has 0 bridgehead atoms. The summed E-state index contributed by atoms with van der Waals surface area (Å²) in [6.07, 6.45) is 0.351. The SMILES string of the molecule is CC1CN(CC(=O)Nc2ccc(N3CCOCC3)cc2)CC(C)O1. The lowest BCUT2D eigenvalue weighted by atomic mass is 10.2. The van der Waals surface area contributed by atoms with Crippen LogP contribution in [0.5, 0.6) is 0 Å². The number of ether oxygens (including phenoxy) is 2. The van der Waals surface area contributed by atoms with Gasteiger partial charge < -0.3 is 19.7 Å². The summed E-state index contributed by atoms with van der Waals surface area (Å²) in [6.45, 7) is 9.47. The highest BCUT2D eigenvalue weighted by Gasteiger charge is 2.23. The lowest BCUT2D eigenvalue weighted by molar-refractivity contribution is -0.121. The van der Waals surface area contributed by atoms with E-state index < -0.39 is 0 Å². The molecule has 0 spiro atoms. The van der Waals surface area contributed by atoms with Crippen molar-refractivity contribution in [1.29, 1.82) is 0 Å². The zero-order chi connectivity index (χ0) is 16.9. The number of hydrogen-bond acceptors (Lipinski definition) is 5. The summed E-state index contributed by atoms with van der Waals surface area (Å²) in [7, 11) is 0. The molecule has 2 saturated heterocycles. The summed E-state index contributed by atoms with van der Waals surface area (Å²) in [5.74, 6) is 0.0235. The minimum Gasteiger partial charge on any atom is -0.378 e. The van der Waals surface area contributed by atoms with Crippen molar-refractivity contribution in [2.45, 2.75) is 26.1 Å². The van der Waals surface area contributed by atoms with Crippen molar-refractivity contribution in [2.75, 3.05) is 56.2 Å². The molecule has 0 saturated carbocycles. The summed E-state index contributed by atoms with van der Waals surface area (Å²) in [4.78, 5) is 16.7. The highest BCUT2D eigenvalue weighted by Crippen LogP contribution is 2.19. The van der Waals surface area contributed by atoms with E-state index in [1.165, 1.54) is 5.69 Å². The fraction of sp³-hybridized carbons (Fsp3) is 0.611. The fourth-order valence-corrected chi connectivity index (χ4v) is 3.39. The van der Waals surface area contributed by atoms with E-state index in [4.69, 9.17) is 9.47 Å². The number of nitrogens with one attached hydrogen (secondary N) is 1. The van der Waals surface area contributed by atoms with Crippen LogP contribution >= 0.6 is 0 Å². The first-order chi connectivity index (χ1) is 11.6. The quantitative estimate of drug-likeness (QED) is 0.906. The fourth-order valence-electron chi connectivity index (χ4n) is 3.39. The molecule has 2 aliphatic heterocycles. The Balaban J connectivity index is 1.50. The maximum Gasteiger partial charge on any atom is 0.238 e. The number of nitrogens with zero attached hydrogens (tertiary/aromatic N) is 2. The molecule has 3 rings (SSSR count). The van der Waals surface area contributed by atoms with E-state index in [1.807, 2.05) is 26.0 Å². The van der Waals surface area contributed by atoms with Gasteiger partial charge in [-0.3, -0.25) is 9.69 Å². The summed E-state index contributed by atoms with van der Waals surface area (Å²) < 4.78 is 11.1. The van der Waals surface area contributed by atoms with Crippen LogP contribution in [0.25, 0.3) is 0 Å². The third-order valence-corrected chi connectivity index (χ3v) is 4.39. The molecule has 0 aromatic heterocycles. The summed E-state index contributed by atoms with van der Waals surface area (Å²) in [6, 6.07) is 8.04. The molecule has 0 radical (unpaired) electrons. The number of carbonyl (C=O) groups excluding carboxylic acids is 1. The predicted molar refractivity (Wildman–Crippen MR) is 94.6 cm³/mol. The summed E-state index contributed by atoms with van der Waals surface area (Å²) in [5.41, 5.74) is 2.01. The standard InChI is InChI=1S/C18H27N3O3/c1-14-11-20(12-15(2)24-14)13-18(22)19-16-3-5-17(6-4-16)21-7-9-23-10-8-21/h3-6,14-15H,7-13H2,1-2H3,(H,19,22). The lowest BCUT2D eigenvalue weighted by Crippen LogP contribution is -2.48. The van der Waals surface area contributed by atoms with Gasteiger partial charge in [-0.05, 0) is 38.1 Å². The molecule has 2 heterocycles. The highest BCUT2D eigenvalue weighted by atomic mass is 16.5. The van der Waals surface area contributed by atoms with E-state index >= 15 is 0 Å². The molecule has 1 aromatic rings. The molecule has 1 amide bonds. The Morgan fingerprint density at radius 3 is 2.38 bits per heavy atom. The van der Waals surface area contributed by atoms with Crippen LogP contribution in [0, 0.1) is 0 Å². The summed E-state index contributed by atoms with van der Waals surface area (Å²) >= 11 is 0. The zero-order valence-corrected chi connectivity index (χ0v) is 14.5. The Kier molecular flexibility index (Phi) is 5.71. The first kappa shape index (κ1) is 17.2. The molecule has 132 valence electrons. The van der Waals surface area contributed by atoms with Crippen LogP contribution in [0.2, 0.25) is 0 Å². The second-order valence-electron chi connectivity index (χ2n) is 6.65. The predicted octanol–water partition coefficient (Wildman–Crippen LogP) is 1.57. The molecule has 1 aromatic carbocycles. The van der Waals surface area contributed by atoms with Crippen LogP contribution in [-0.2, 0) is 14.3 Å². The van der Waals surface area contributed by atoms with E-state index in [-0.39, 0.29) is 18.1 Å². The van der Waals surface area contributed by atoms with Crippen LogP contribution in [0.1, 0.15) is 13.8 Å². The molecule has 2 unspecified atom stereocenters. The van der Waals surface area contributed by atoms with Crippen molar-refractivity contribution in [2.24, 2.45) is 0 Å². The largest absolute Gasteiger partial charge is 0.378 e. The van der Waals surface area contributed by atoms with Gasteiger partial charge in [0.2, 0.25) is 5.91 Å². The molecule has 6 nitrogen and oxygen atoms in total. The minimum atomic E-state index is 0.0235. The topological polar surface area (TPSA) is 54.0 Å². The van der Waals surface area contributed by atoms with Crippen molar-refractivity contribution in [3.63, 3.8) is 0 Å². The van der Waals surface area contributed by atoms with Gasteiger partial charge >= 0.3 is 0 Å². The molecule has 2 atom stereocenters. The van der Waals surface area contributed by atoms with Gasteiger partial charge in [-0.1, -0.05) is 0 Å². The van der Waals surface area contributed by atoms with Gasteiger partial charge in [-0.2, -0.15) is 0 Å². The van der Waals surface area contributed by atoms with E-state index in [0.29, 0.717) is 6.54 Å². The third kappa shape index (κ3) is 4.69. The van der Waals surface area contributed by atoms with Gasteiger partial charge in [0.05, 0.1) is 32.0 Å². The van der Waals surface area contributed by atoms with Crippen molar-refractivity contribution < 1.29 is 14.3 Å². The van der Waals surface area contributed by atoms with Gasteiger partial charge in [0.1, 0.15) is 0 Å². The molecular formula is C18H27N3O3. The number of rotatable bonds is 4. The van der Waals surface area contributed by atoms with Crippen LogP contribution in [0.15, 0.2) is 24.3 Å². The molecule has 24 heavy (non-hydrogen) atoms. The molecule has 0 aliphatic carbocycles. The van der Waals surface area contributed by atoms with E-state index in [0.717, 1.165) is 45.1 Å². The van der Waals surface area contributed by atoms with Crippen molar-refractivity contribution in [3.05, 3.63) is 24.3 Å². The van der Waals surface area contributed by atoms with Crippen LogP contribution in [0.3, 0.4) is 0 Å². The Morgan fingerprint density at radius 2 is 1.75 bits per heavy atom. The van der Waals surface area contributed by atoms with Crippen LogP contribution < -0.4 is 10.2 Å². The lowest BCUT2D eigenvalue weighted by Gasteiger charge is -2.34. The number of anilines is 2. The van der Waals surface area contributed by atoms with E-state index in [1.54, 1.807) is 0 Å². The molecule has 2 aliphatic rings. The Hall–Kier alpha value is -1.63. The van der Waals surface area contributed by atoms with Gasteiger partial charge in [0, 0.05) is 37.6 Å². The Morgan fingerprint density at radius 1 is 1.12 bits per heavy atom. The Bertz CT molecular complexity index is 533. The molecular weight excluding hydrogens is 306 g/mol. The van der Waals surface area contributed by atoms with Gasteiger partial charge in [-0.15, -0.1) is 0 Å². The van der Waals surface area contributed by atoms with Gasteiger partial charge in [-0.25, -0.2) is 0 Å².